The number of nitrogens with zero attached hydrogens (tertiary/aromatic N) is 3. The van der Waals surface area contributed by atoms with Gasteiger partial charge < -0.3 is 15.1 Å². The summed E-state index contributed by atoms with van der Waals surface area (Å²) in [5, 5.41) is 3.03. The molecule has 3 aliphatic heterocycles. The van der Waals surface area contributed by atoms with Crippen LogP contribution in [0.15, 0.2) is 0 Å². The van der Waals surface area contributed by atoms with Crippen LogP contribution < -0.4 is 5.32 Å². The average Bonchev–Trinajstić information content (AvgIpc) is 2.99. The minimum absolute atomic E-state index is 0.0368. The van der Waals surface area contributed by atoms with Crippen LogP contribution in [0.5, 0.6) is 0 Å². The molecule has 29 heavy (non-hydrogen) atoms. The summed E-state index contributed by atoms with van der Waals surface area (Å²) in [6, 6.07) is -0.309. The van der Waals surface area contributed by atoms with E-state index in [0.717, 1.165) is 19.6 Å². The molecule has 0 aromatic rings. The number of imide groups is 1. The third kappa shape index (κ3) is 4.16. The number of hydrogen-bond acceptors (Lipinski definition) is 4. The average molecular weight is 405 g/mol. The van der Waals surface area contributed by atoms with Gasteiger partial charge in [0.15, 0.2) is 0 Å². The number of hydrogen-bond donors (Lipinski definition) is 1. The number of piperidine rings is 2. The molecule has 0 atom stereocenters. The van der Waals surface area contributed by atoms with Crippen molar-refractivity contribution < 1.29 is 14.4 Å². The number of likely N-dealkylation sites (tertiary alicyclic amines) is 2. The van der Waals surface area contributed by atoms with E-state index >= 15 is 0 Å². The van der Waals surface area contributed by atoms with Crippen molar-refractivity contribution in [2.45, 2.75) is 82.7 Å². The van der Waals surface area contributed by atoms with E-state index in [1.165, 1.54) is 37.0 Å². The van der Waals surface area contributed by atoms with Gasteiger partial charge in [-0.1, -0.05) is 26.2 Å². The van der Waals surface area contributed by atoms with Crippen molar-refractivity contribution in [2.75, 3.05) is 32.7 Å². The molecular weight excluding hydrogens is 368 g/mol. The zero-order valence-electron chi connectivity index (χ0n) is 17.8. The number of carbonyl (C=O) groups is 3. The molecule has 4 aliphatic rings. The van der Waals surface area contributed by atoms with Crippen LogP contribution in [0.2, 0.25) is 0 Å². The lowest BCUT2D eigenvalue weighted by molar-refractivity contribution is -0.137. The summed E-state index contributed by atoms with van der Waals surface area (Å²) in [7, 11) is 0. The highest BCUT2D eigenvalue weighted by atomic mass is 16.2. The van der Waals surface area contributed by atoms with Gasteiger partial charge in [0.2, 0.25) is 5.91 Å². The Balaban J connectivity index is 1.31. The first kappa shape index (κ1) is 20.6. The molecule has 0 aromatic heterocycles. The maximum atomic E-state index is 13.2. The van der Waals surface area contributed by atoms with Crippen LogP contribution in [-0.4, -0.2) is 76.8 Å². The van der Waals surface area contributed by atoms with E-state index in [2.05, 4.69) is 17.1 Å². The second-order valence-electron chi connectivity index (χ2n) is 9.44. The monoisotopic (exact) mass is 404 g/mol. The Morgan fingerprint density at radius 2 is 1.66 bits per heavy atom. The smallest absolute Gasteiger partial charge is 0.325 e. The van der Waals surface area contributed by atoms with E-state index in [9.17, 15) is 14.4 Å². The van der Waals surface area contributed by atoms with Gasteiger partial charge in [-0.3, -0.25) is 14.5 Å². The van der Waals surface area contributed by atoms with Crippen LogP contribution in [0.4, 0.5) is 4.79 Å². The lowest BCUT2D eigenvalue weighted by atomic mass is 9.86. The Hall–Kier alpha value is -1.63. The minimum atomic E-state index is -0.698. The molecule has 0 unspecified atom stereocenters. The summed E-state index contributed by atoms with van der Waals surface area (Å²) in [4.78, 5) is 44.4. The van der Waals surface area contributed by atoms with Gasteiger partial charge in [0.05, 0.1) is 0 Å². The number of carbonyl (C=O) groups excluding carboxylic acids is 3. The Labute approximate surface area is 174 Å². The molecule has 1 saturated carbocycles. The fourth-order valence-corrected chi connectivity index (χ4v) is 5.70. The van der Waals surface area contributed by atoms with Gasteiger partial charge in [0.1, 0.15) is 5.54 Å². The Morgan fingerprint density at radius 1 is 1.00 bits per heavy atom. The van der Waals surface area contributed by atoms with Crippen molar-refractivity contribution in [2.24, 2.45) is 5.92 Å². The highest BCUT2D eigenvalue weighted by Gasteiger charge is 2.54. The minimum Gasteiger partial charge on any atom is -0.343 e. The molecule has 4 fully saturated rings. The van der Waals surface area contributed by atoms with Gasteiger partial charge in [0, 0.05) is 38.6 Å². The van der Waals surface area contributed by atoms with Gasteiger partial charge in [-0.25, -0.2) is 4.79 Å². The van der Waals surface area contributed by atoms with E-state index < -0.39 is 5.54 Å². The first-order valence-electron chi connectivity index (χ1n) is 11.7. The quantitative estimate of drug-likeness (QED) is 0.730. The zero-order chi connectivity index (χ0) is 20.4. The van der Waals surface area contributed by atoms with Crippen molar-refractivity contribution >= 4 is 17.8 Å². The lowest BCUT2D eigenvalue weighted by Crippen LogP contribution is -2.55. The molecule has 0 radical (unpaired) electrons. The Bertz CT molecular complexity index is 630. The molecule has 162 valence electrons. The molecular formula is C22H36N4O3. The van der Waals surface area contributed by atoms with Gasteiger partial charge in [-0.05, 0) is 51.0 Å². The number of amides is 4. The van der Waals surface area contributed by atoms with Crippen molar-refractivity contribution in [3.63, 3.8) is 0 Å². The van der Waals surface area contributed by atoms with Crippen LogP contribution in [0, 0.1) is 5.92 Å². The second kappa shape index (κ2) is 8.62. The van der Waals surface area contributed by atoms with E-state index in [1.807, 2.05) is 4.90 Å². The van der Waals surface area contributed by atoms with Crippen molar-refractivity contribution in [1.82, 2.24) is 20.0 Å². The van der Waals surface area contributed by atoms with E-state index in [-0.39, 0.29) is 23.9 Å². The summed E-state index contributed by atoms with van der Waals surface area (Å²) in [6.07, 6.45) is 9.64. The first-order valence-corrected chi connectivity index (χ1v) is 11.7. The Morgan fingerprint density at radius 3 is 2.28 bits per heavy atom. The van der Waals surface area contributed by atoms with Crippen LogP contribution in [0.25, 0.3) is 0 Å². The number of nitrogens with one attached hydrogen (secondary N) is 1. The molecule has 7 nitrogen and oxygen atoms in total. The summed E-state index contributed by atoms with van der Waals surface area (Å²) in [5.74, 6) is 0.773. The standard InChI is InChI=1S/C22H36N4O3/c1-2-24-14-10-22(11-15-24)20(28)26(21(29)23-22)18-8-12-25(13-9-18)19(27)16-17-6-4-3-5-7-17/h17-18H,2-16H2,1H3,(H,23,29). The van der Waals surface area contributed by atoms with Crippen LogP contribution in [-0.2, 0) is 9.59 Å². The summed E-state index contributed by atoms with van der Waals surface area (Å²) < 4.78 is 0. The predicted molar refractivity (Wildman–Crippen MR) is 110 cm³/mol. The highest BCUT2D eigenvalue weighted by molar-refractivity contribution is 6.07. The molecule has 3 saturated heterocycles. The predicted octanol–water partition coefficient (Wildman–Crippen LogP) is 2.35. The lowest BCUT2D eigenvalue weighted by Gasteiger charge is -2.38. The van der Waals surface area contributed by atoms with Gasteiger partial charge in [-0.2, -0.15) is 0 Å². The molecule has 1 N–H and O–H groups in total. The van der Waals surface area contributed by atoms with Gasteiger partial charge >= 0.3 is 6.03 Å². The maximum absolute atomic E-state index is 13.2. The first-order chi connectivity index (χ1) is 14.0. The third-order valence-corrected chi connectivity index (χ3v) is 7.72. The molecule has 0 aromatic carbocycles. The normalized spacial score (nSPS) is 26.9. The van der Waals surface area contributed by atoms with Crippen LogP contribution >= 0.6 is 0 Å². The van der Waals surface area contributed by atoms with Crippen LogP contribution in [0.3, 0.4) is 0 Å². The van der Waals surface area contributed by atoms with E-state index in [0.29, 0.717) is 51.1 Å². The molecule has 0 bridgehead atoms. The number of rotatable bonds is 4. The topological polar surface area (TPSA) is 73.0 Å². The maximum Gasteiger partial charge on any atom is 0.325 e. The molecule has 7 heteroatoms. The molecule has 4 rings (SSSR count). The van der Waals surface area contributed by atoms with Crippen molar-refractivity contribution in [1.29, 1.82) is 0 Å². The number of urea groups is 1. The third-order valence-electron chi connectivity index (χ3n) is 7.72. The summed E-state index contributed by atoms with van der Waals surface area (Å²) in [6.45, 7) is 6.13. The SMILES string of the molecule is CCN1CCC2(CC1)NC(=O)N(C1CCN(C(=O)CC3CCCCC3)CC1)C2=O. The van der Waals surface area contributed by atoms with E-state index in [1.54, 1.807) is 0 Å². The van der Waals surface area contributed by atoms with E-state index in [4.69, 9.17) is 0 Å². The Kier molecular flexibility index (Phi) is 6.13. The van der Waals surface area contributed by atoms with Crippen molar-refractivity contribution in [3.8, 4) is 0 Å². The van der Waals surface area contributed by atoms with Crippen molar-refractivity contribution in [3.05, 3.63) is 0 Å². The fourth-order valence-electron chi connectivity index (χ4n) is 5.70. The second-order valence-corrected chi connectivity index (χ2v) is 9.44. The largest absolute Gasteiger partial charge is 0.343 e. The molecule has 3 heterocycles. The van der Waals surface area contributed by atoms with Gasteiger partial charge in [0.25, 0.3) is 5.91 Å². The fraction of sp³-hybridized carbons (Fsp3) is 0.864. The molecule has 4 amide bonds. The van der Waals surface area contributed by atoms with Crippen LogP contribution in [0.1, 0.15) is 71.1 Å². The molecule has 1 aliphatic carbocycles. The van der Waals surface area contributed by atoms with Gasteiger partial charge in [-0.15, -0.1) is 0 Å². The summed E-state index contributed by atoms with van der Waals surface area (Å²) in [5.41, 5.74) is -0.698. The zero-order valence-corrected chi connectivity index (χ0v) is 17.8. The molecule has 1 spiro atoms. The summed E-state index contributed by atoms with van der Waals surface area (Å²) >= 11 is 0. The highest BCUT2D eigenvalue weighted by Crippen LogP contribution is 2.33.